The van der Waals surface area contributed by atoms with Crippen LogP contribution in [-0.4, -0.2) is 41.0 Å². The third-order valence-electron chi connectivity index (χ3n) is 5.72. The monoisotopic (exact) mass is 391 g/mol. The number of aromatic nitrogens is 3. The van der Waals surface area contributed by atoms with Gasteiger partial charge in [-0.25, -0.2) is 14.0 Å². The SMILES string of the molecule is Cc1ccc2c(c1)-n1c(nn(C)c1=O)C(CO)(CO[Si](C)(C)C(C)(C)C)O2. The van der Waals surface area contributed by atoms with E-state index in [1.807, 2.05) is 25.1 Å². The number of ether oxygens (including phenoxy) is 1. The van der Waals surface area contributed by atoms with Crippen molar-refractivity contribution in [1.29, 1.82) is 0 Å². The van der Waals surface area contributed by atoms with Gasteiger partial charge in [0.15, 0.2) is 14.1 Å². The minimum Gasteiger partial charge on any atom is -0.472 e. The van der Waals surface area contributed by atoms with Gasteiger partial charge in [-0.3, -0.25) is 0 Å². The third-order valence-corrected chi connectivity index (χ3v) is 10.2. The van der Waals surface area contributed by atoms with Gasteiger partial charge in [-0.05, 0) is 42.8 Å². The number of rotatable bonds is 4. The van der Waals surface area contributed by atoms with Gasteiger partial charge in [-0.1, -0.05) is 26.8 Å². The molecule has 0 fully saturated rings. The second kappa shape index (κ2) is 6.32. The Morgan fingerprint density at radius 1 is 1.33 bits per heavy atom. The Kier molecular flexibility index (Phi) is 4.65. The topological polar surface area (TPSA) is 78.5 Å². The number of nitrogens with zero attached hydrogens (tertiary/aromatic N) is 3. The molecule has 1 aromatic heterocycles. The summed E-state index contributed by atoms with van der Waals surface area (Å²) in [5.41, 5.74) is 0.149. The molecule has 0 saturated heterocycles. The number of hydrogen-bond acceptors (Lipinski definition) is 5. The summed E-state index contributed by atoms with van der Waals surface area (Å²) in [7, 11) is -0.497. The van der Waals surface area contributed by atoms with Crippen LogP contribution in [0, 0.1) is 6.92 Å². The Morgan fingerprint density at radius 3 is 2.59 bits per heavy atom. The summed E-state index contributed by atoms with van der Waals surface area (Å²) in [5.74, 6) is 0.908. The highest BCUT2D eigenvalue weighted by atomic mass is 28.4. The molecule has 1 N–H and O–H groups in total. The summed E-state index contributed by atoms with van der Waals surface area (Å²) in [6.07, 6.45) is 0. The number of fused-ring (bicyclic) bond motifs is 3. The van der Waals surface area contributed by atoms with Crippen molar-refractivity contribution in [3.05, 3.63) is 40.1 Å². The number of benzene rings is 1. The number of hydrogen-bond donors (Lipinski definition) is 1. The summed E-state index contributed by atoms with van der Waals surface area (Å²) < 4.78 is 15.4. The van der Waals surface area contributed by atoms with Crippen LogP contribution in [0.5, 0.6) is 5.75 Å². The minimum absolute atomic E-state index is 0.0110. The van der Waals surface area contributed by atoms with Gasteiger partial charge in [0.2, 0.25) is 5.60 Å². The molecule has 8 heteroatoms. The maximum absolute atomic E-state index is 12.7. The molecule has 148 valence electrons. The average molecular weight is 392 g/mol. The van der Waals surface area contributed by atoms with Gasteiger partial charge < -0.3 is 14.3 Å². The summed E-state index contributed by atoms with van der Waals surface area (Å²) in [5, 5.41) is 14.7. The van der Waals surface area contributed by atoms with Crippen LogP contribution in [0.1, 0.15) is 32.2 Å². The predicted molar refractivity (Wildman–Crippen MR) is 106 cm³/mol. The molecule has 0 radical (unpaired) electrons. The van der Waals surface area contributed by atoms with Crippen molar-refractivity contribution < 1.29 is 14.3 Å². The van der Waals surface area contributed by atoms with Crippen LogP contribution in [-0.2, 0) is 17.1 Å². The molecule has 0 amide bonds. The summed E-state index contributed by atoms with van der Waals surface area (Å²) in [4.78, 5) is 12.7. The molecule has 1 unspecified atom stereocenters. The molecule has 2 heterocycles. The van der Waals surface area contributed by atoms with Crippen molar-refractivity contribution in [1.82, 2.24) is 14.3 Å². The molecular weight excluding hydrogens is 362 g/mol. The van der Waals surface area contributed by atoms with Crippen molar-refractivity contribution in [3.63, 3.8) is 0 Å². The lowest BCUT2D eigenvalue weighted by Gasteiger charge is -2.41. The zero-order valence-corrected chi connectivity index (χ0v) is 18.2. The molecule has 1 atom stereocenters. The van der Waals surface area contributed by atoms with Crippen LogP contribution in [0.15, 0.2) is 23.0 Å². The average Bonchev–Trinajstić information content (AvgIpc) is 2.88. The number of aryl methyl sites for hydroxylation is 2. The molecule has 0 aliphatic carbocycles. The van der Waals surface area contributed by atoms with Gasteiger partial charge in [0.1, 0.15) is 5.75 Å². The van der Waals surface area contributed by atoms with Crippen molar-refractivity contribution in [3.8, 4) is 11.4 Å². The lowest BCUT2D eigenvalue weighted by Crippen LogP contribution is -2.51. The van der Waals surface area contributed by atoms with E-state index in [-0.39, 0.29) is 23.9 Å². The largest absolute Gasteiger partial charge is 0.472 e. The summed E-state index contributed by atoms with van der Waals surface area (Å²) in [6, 6.07) is 5.63. The second-order valence-electron chi connectivity index (χ2n) is 8.84. The molecule has 0 bridgehead atoms. The molecule has 0 saturated carbocycles. The smallest absolute Gasteiger partial charge is 0.350 e. The number of aliphatic hydroxyl groups excluding tert-OH is 1. The van der Waals surface area contributed by atoms with Crippen LogP contribution in [0.3, 0.4) is 0 Å². The first-order valence-electron chi connectivity index (χ1n) is 9.13. The second-order valence-corrected chi connectivity index (χ2v) is 13.6. The maximum Gasteiger partial charge on any atom is 0.350 e. The van der Waals surface area contributed by atoms with Crippen LogP contribution in [0.4, 0.5) is 0 Å². The first-order valence-corrected chi connectivity index (χ1v) is 12.0. The molecule has 1 aromatic carbocycles. The van der Waals surface area contributed by atoms with Crippen LogP contribution in [0.2, 0.25) is 18.1 Å². The van der Waals surface area contributed by atoms with E-state index in [0.29, 0.717) is 17.3 Å². The van der Waals surface area contributed by atoms with Crippen LogP contribution < -0.4 is 10.4 Å². The fourth-order valence-electron chi connectivity index (χ4n) is 2.88. The third kappa shape index (κ3) is 3.15. The van der Waals surface area contributed by atoms with Gasteiger partial charge in [0.25, 0.3) is 0 Å². The Hall–Kier alpha value is -1.90. The van der Waals surface area contributed by atoms with Crippen molar-refractivity contribution in [2.45, 2.75) is 51.4 Å². The van der Waals surface area contributed by atoms with E-state index in [9.17, 15) is 9.90 Å². The highest BCUT2D eigenvalue weighted by Crippen LogP contribution is 2.41. The molecular formula is C19H29N3O4Si. The Balaban J connectivity index is 2.11. The molecule has 0 spiro atoms. The van der Waals surface area contributed by atoms with E-state index in [4.69, 9.17) is 9.16 Å². The Morgan fingerprint density at radius 2 is 2.00 bits per heavy atom. The maximum atomic E-state index is 12.7. The molecule has 27 heavy (non-hydrogen) atoms. The van der Waals surface area contributed by atoms with E-state index >= 15 is 0 Å². The Labute approximate surface area is 160 Å². The first kappa shape index (κ1) is 19.8. The lowest BCUT2D eigenvalue weighted by molar-refractivity contribution is -0.0474. The van der Waals surface area contributed by atoms with Gasteiger partial charge in [-0.15, -0.1) is 0 Å². The normalized spacial score (nSPS) is 19.4. The van der Waals surface area contributed by atoms with Crippen molar-refractivity contribution >= 4 is 8.32 Å². The van der Waals surface area contributed by atoms with Crippen molar-refractivity contribution in [2.24, 2.45) is 7.05 Å². The molecule has 1 aliphatic heterocycles. The van der Waals surface area contributed by atoms with Gasteiger partial charge in [-0.2, -0.15) is 5.10 Å². The summed E-state index contributed by atoms with van der Waals surface area (Å²) >= 11 is 0. The standard InChI is InChI=1S/C19H29N3O4Si/c1-13-8-9-15-14(10-13)22-16(20-21(5)17(22)24)19(11-23,26-15)12-25-27(6,7)18(2,3)4/h8-10,23H,11-12H2,1-7H3. The van der Waals surface area contributed by atoms with E-state index in [1.165, 1.54) is 9.25 Å². The molecule has 1 aliphatic rings. The molecule has 3 rings (SSSR count). The fraction of sp³-hybridized carbons (Fsp3) is 0.579. The number of aliphatic hydroxyl groups is 1. The first-order chi connectivity index (χ1) is 12.4. The van der Waals surface area contributed by atoms with E-state index in [1.54, 1.807) is 7.05 Å². The van der Waals surface area contributed by atoms with E-state index in [2.05, 4.69) is 39.0 Å². The van der Waals surface area contributed by atoms with Crippen LogP contribution in [0.25, 0.3) is 5.69 Å². The highest BCUT2D eigenvalue weighted by Gasteiger charge is 2.48. The zero-order chi connectivity index (χ0) is 20.2. The molecule has 2 aromatic rings. The highest BCUT2D eigenvalue weighted by molar-refractivity contribution is 6.74. The van der Waals surface area contributed by atoms with Crippen LogP contribution >= 0.6 is 0 Å². The van der Waals surface area contributed by atoms with Gasteiger partial charge >= 0.3 is 5.69 Å². The Bertz CT molecular complexity index is 926. The minimum atomic E-state index is -2.09. The molecule has 7 nitrogen and oxygen atoms in total. The van der Waals surface area contributed by atoms with E-state index < -0.39 is 13.9 Å². The van der Waals surface area contributed by atoms with Gasteiger partial charge in [0.05, 0.1) is 18.9 Å². The summed E-state index contributed by atoms with van der Waals surface area (Å²) in [6.45, 7) is 12.5. The van der Waals surface area contributed by atoms with Crippen molar-refractivity contribution in [2.75, 3.05) is 13.2 Å². The quantitative estimate of drug-likeness (QED) is 0.810. The lowest BCUT2D eigenvalue weighted by atomic mass is 10.0. The van der Waals surface area contributed by atoms with E-state index in [0.717, 1.165) is 5.56 Å². The predicted octanol–water partition coefficient (Wildman–Crippen LogP) is 2.48. The fourth-order valence-corrected chi connectivity index (χ4v) is 3.90. The zero-order valence-electron chi connectivity index (χ0n) is 17.2. The van der Waals surface area contributed by atoms with Gasteiger partial charge in [0, 0.05) is 7.05 Å².